The third kappa shape index (κ3) is 2.18. The van der Waals surface area contributed by atoms with Crippen LogP contribution in [0.3, 0.4) is 0 Å². The molecule has 0 fully saturated rings. The molecule has 0 radical (unpaired) electrons. The van der Waals surface area contributed by atoms with Crippen LogP contribution in [0.5, 0.6) is 0 Å². The first-order chi connectivity index (χ1) is 11.6. The minimum atomic E-state index is -0.470. The Balaban J connectivity index is 1.78. The molecule has 0 unspecified atom stereocenters. The van der Waals surface area contributed by atoms with E-state index >= 15 is 0 Å². The Hall–Kier alpha value is -3.34. The monoisotopic (exact) mass is 318 g/mol. The third-order valence-corrected chi connectivity index (χ3v) is 3.94. The first kappa shape index (κ1) is 14.3. The van der Waals surface area contributed by atoms with Crippen molar-refractivity contribution >= 4 is 28.8 Å². The van der Waals surface area contributed by atoms with Crippen molar-refractivity contribution in [3.63, 3.8) is 0 Å². The van der Waals surface area contributed by atoms with E-state index < -0.39 is 11.8 Å². The standard InChI is InChI=1S/C19H11FN2O2/c20-14-9-7-12(8-10-14)11-21-22-18(23)15-5-1-3-13-4-2-6-16(17(13)15)19(22)24/h1-11H/b21-11-. The topological polar surface area (TPSA) is 49.7 Å². The third-order valence-electron chi connectivity index (χ3n) is 3.94. The highest BCUT2D eigenvalue weighted by Crippen LogP contribution is 2.29. The Morgan fingerprint density at radius 2 is 1.42 bits per heavy atom. The summed E-state index contributed by atoms with van der Waals surface area (Å²) in [4.78, 5) is 25.2. The second kappa shape index (κ2) is 5.38. The van der Waals surface area contributed by atoms with E-state index in [-0.39, 0.29) is 5.82 Å². The molecule has 0 bridgehead atoms. The molecule has 0 aromatic heterocycles. The van der Waals surface area contributed by atoms with E-state index in [1.807, 2.05) is 12.1 Å². The second-order valence-electron chi connectivity index (χ2n) is 5.43. The fourth-order valence-electron chi connectivity index (χ4n) is 2.80. The van der Waals surface area contributed by atoms with Crippen LogP contribution in [0.15, 0.2) is 65.8 Å². The van der Waals surface area contributed by atoms with E-state index in [1.165, 1.54) is 30.5 Å². The molecule has 4 nitrogen and oxygen atoms in total. The van der Waals surface area contributed by atoms with E-state index in [0.717, 1.165) is 10.4 Å². The van der Waals surface area contributed by atoms with Gasteiger partial charge >= 0.3 is 0 Å². The summed E-state index contributed by atoms with van der Waals surface area (Å²) in [5, 5.41) is 6.36. The zero-order chi connectivity index (χ0) is 16.7. The van der Waals surface area contributed by atoms with E-state index in [4.69, 9.17) is 0 Å². The summed E-state index contributed by atoms with van der Waals surface area (Å²) in [6.07, 6.45) is 1.36. The van der Waals surface area contributed by atoms with Gasteiger partial charge in [0.15, 0.2) is 0 Å². The SMILES string of the molecule is O=C1c2cccc3cccc(c23)C(=O)N1/N=C\c1ccc(F)cc1. The first-order valence-electron chi connectivity index (χ1n) is 7.35. The zero-order valence-electron chi connectivity index (χ0n) is 12.4. The maximum absolute atomic E-state index is 12.9. The number of nitrogens with zero attached hydrogens (tertiary/aromatic N) is 2. The number of carbonyl (C=O) groups is 2. The van der Waals surface area contributed by atoms with E-state index in [9.17, 15) is 14.0 Å². The molecule has 1 heterocycles. The molecule has 1 aliphatic rings. The largest absolute Gasteiger partial charge is 0.282 e. The highest BCUT2D eigenvalue weighted by atomic mass is 19.1. The van der Waals surface area contributed by atoms with Gasteiger partial charge in [-0.2, -0.15) is 10.1 Å². The van der Waals surface area contributed by atoms with Crippen LogP contribution in [0.4, 0.5) is 4.39 Å². The minimum absolute atomic E-state index is 0.363. The number of carbonyl (C=O) groups excluding carboxylic acids is 2. The van der Waals surface area contributed by atoms with Crippen molar-refractivity contribution in [3.05, 3.63) is 83.2 Å². The van der Waals surface area contributed by atoms with Crippen molar-refractivity contribution in [2.24, 2.45) is 5.10 Å². The summed E-state index contributed by atoms with van der Waals surface area (Å²) >= 11 is 0. The van der Waals surface area contributed by atoms with Gasteiger partial charge in [-0.15, -0.1) is 0 Å². The summed E-state index contributed by atoms with van der Waals surface area (Å²) in [5.41, 5.74) is 1.48. The normalized spacial score (nSPS) is 14.0. The number of halogens is 1. The molecule has 0 N–H and O–H groups in total. The molecule has 1 aliphatic heterocycles. The van der Waals surface area contributed by atoms with Crippen LogP contribution < -0.4 is 0 Å². The van der Waals surface area contributed by atoms with E-state index in [1.54, 1.807) is 24.3 Å². The lowest BCUT2D eigenvalue weighted by Crippen LogP contribution is -2.36. The van der Waals surface area contributed by atoms with Crippen LogP contribution in [0, 0.1) is 5.82 Å². The van der Waals surface area contributed by atoms with Gasteiger partial charge in [-0.1, -0.05) is 36.4 Å². The van der Waals surface area contributed by atoms with Gasteiger partial charge in [-0.25, -0.2) is 4.39 Å². The van der Waals surface area contributed by atoms with Crippen LogP contribution in [0.1, 0.15) is 26.3 Å². The summed E-state index contributed by atoms with van der Waals surface area (Å²) in [5.74, 6) is -1.30. The summed E-state index contributed by atoms with van der Waals surface area (Å²) in [6, 6.07) is 16.3. The smallest absolute Gasteiger partial charge is 0.267 e. The van der Waals surface area contributed by atoms with Gasteiger partial charge in [0.1, 0.15) is 5.82 Å². The number of imide groups is 1. The molecule has 0 saturated carbocycles. The Morgan fingerprint density at radius 3 is 2.00 bits per heavy atom. The van der Waals surface area contributed by atoms with E-state index in [0.29, 0.717) is 22.1 Å². The average molecular weight is 318 g/mol. The van der Waals surface area contributed by atoms with Crippen LogP contribution in [0.25, 0.3) is 10.8 Å². The van der Waals surface area contributed by atoms with Crippen molar-refractivity contribution < 1.29 is 14.0 Å². The Labute approximate surface area is 136 Å². The molecule has 4 rings (SSSR count). The molecular formula is C19H11FN2O2. The zero-order valence-corrected chi connectivity index (χ0v) is 12.4. The predicted octanol–water partition coefficient (Wildman–Crippen LogP) is 3.61. The number of rotatable bonds is 2. The Kier molecular flexibility index (Phi) is 3.20. The second-order valence-corrected chi connectivity index (χ2v) is 5.43. The highest BCUT2D eigenvalue weighted by Gasteiger charge is 2.32. The Morgan fingerprint density at radius 1 is 0.833 bits per heavy atom. The number of amides is 2. The molecule has 3 aromatic rings. The minimum Gasteiger partial charge on any atom is -0.267 e. The quantitative estimate of drug-likeness (QED) is 0.535. The maximum atomic E-state index is 12.9. The van der Waals surface area contributed by atoms with Crippen LogP contribution in [-0.2, 0) is 0 Å². The van der Waals surface area contributed by atoms with Gasteiger partial charge in [-0.05, 0) is 35.2 Å². The van der Waals surface area contributed by atoms with Gasteiger partial charge in [-0.3, -0.25) is 9.59 Å². The molecule has 3 aromatic carbocycles. The predicted molar refractivity (Wildman–Crippen MR) is 88.4 cm³/mol. The highest BCUT2D eigenvalue weighted by molar-refractivity contribution is 6.25. The lowest BCUT2D eigenvalue weighted by molar-refractivity contribution is 0.0616. The molecule has 5 heteroatoms. The molecule has 0 saturated heterocycles. The number of hydrogen-bond donors (Lipinski definition) is 0. The van der Waals surface area contributed by atoms with Crippen molar-refractivity contribution in [1.82, 2.24) is 5.01 Å². The summed E-state index contributed by atoms with van der Waals surface area (Å²) < 4.78 is 12.9. The lowest BCUT2D eigenvalue weighted by Gasteiger charge is -2.22. The number of benzene rings is 3. The van der Waals surface area contributed by atoms with Crippen molar-refractivity contribution in [2.45, 2.75) is 0 Å². The van der Waals surface area contributed by atoms with Crippen molar-refractivity contribution in [3.8, 4) is 0 Å². The van der Waals surface area contributed by atoms with Crippen LogP contribution in [-0.4, -0.2) is 23.0 Å². The van der Waals surface area contributed by atoms with Gasteiger partial charge in [0.2, 0.25) is 0 Å². The number of hydrazone groups is 1. The lowest BCUT2D eigenvalue weighted by atomic mass is 9.95. The van der Waals surface area contributed by atoms with Crippen molar-refractivity contribution in [1.29, 1.82) is 0 Å². The van der Waals surface area contributed by atoms with Gasteiger partial charge < -0.3 is 0 Å². The average Bonchev–Trinajstić information content (AvgIpc) is 2.61. The van der Waals surface area contributed by atoms with Gasteiger partial charge in [0.05, 0.1) is 17.3 Å². The first-order valence-corrected chi connectivity index (χ1v) is 7.35. The fourth-order valence-corrected chi connectivity index (χ4v) is 2.80. The maximum Gasteiger partial charge on any atom is 0.282 e. The molecular weight excluding hydrogens is 307 g/mol. The molecule has 0 atom stereocenters. The number of hydrogen-bond acceptors (Lipinski definition) is 3. The molecule has 0 spiro atoms. The van der Waals surface area contributed by atoms with Gasteiger partial charge in [0, 0.05) is 5.39 Å². The summed E-state index contributed by atoms with van der Waals surface area (Å²) in [6.45, 7) is 0. The fraction of sp³-hybridized carbons (Fsp3) is 0. The Bertz CT molecular complexity index is 959. The molecule has 24 heavy (non-hydrogen) atoms. The molecule has 116 valence electrons. The van der Waals surface area contributed by atoms with Crippen LogP contribution in [0.2, 0.25) is 0 Å². The van der Waals surface area contributed by atoms with E-state index in [2.05, 4.69) is 5.10 Å². The molecule has 2 amide bonds. The van der Waals surface area contributed by atoms with Gasteiger partial charge in [0.25, 0.3) is 11.8 Å². The van der Waals surface area contributed by atoms with Crippen molar-refractivity contribution in [2.75, 3.05) is 0 Å². The summed E-state index contributed by atoms with van der Waals surface area (Å²) in [7, 11) is 0. The molecule has 0 aliphatic carbocycles. The van der Waals surface area contributed by atoms with Crippen LogP contribution >= 0.6 is 0 Å².